The monoisotopic (exact) mass is 189 g/mol. The molecule has 1 aromatic rings. The fourth-order valence-corrected chi connectivity index (χ4v) is 1.47. The summed E-state index contributed by atoms with van der Waals surface area (Å²) in [5, 5.41) is 0. The predicted octanol–water partition coefficient (Wildman–Crippen LogP) is 0.594. The Labute approximate surface area is 83.0 Å². The Morgan fingerprint density at radius 1 is 1.43 bits per heavy atom. The van der Waals surface area contributed by atoms with E-state index in [2.05, 4.69) is 5.43 Å². The number of hydrazone groups is 1. The van der Waals surface area contributed by atoms with E-state index in [9.17, 15) is 4.79 Å². The Morgan fingerprint density at radius 3 is 2.71 bits per heavy atom. The predicted molar refractivity (Wildman–Crippen MR) is 54.3 cm³/mol. The largest absolute Gasteiger partial charge is 0.290 e. The van der Waals surface area contributed by atoms with Crippen LogP contribution in [0.2, 0.25) is 0 Å². The third-order valence-corrected chi connectivity index (χ3v) is 2.41. The van der Waals surface area contributed by atoms with E-state index >= 15 is 0 Å². The molecule has 1 fully saturated rings. The van der Waals surface area contributed by atoms with Crippen molar-refractivity contribution in [1.82, 2.24) is 5.43 Å². The van der Waals surface area contributed by atoms with Gasteiger partial charge in [0.1, 0.15) is 6.54 Å². The summed E-state index contributed by atoms with van der Waals surface area (Å²) < 4.78 is 1.86. The summed E-state index contributed by atoms with van der Waals surface area (Å²) in [6, 6.07) is 9.90. The minimum atomic E-state index is -0.0600. The Balaban J connectivity index is 2.24. The van der Waals surface area contributed by atoms with Crippen LogP contribution in [0.15, 0.2) is 30.3 Å². The van der Waals surface area contributed by atoms with Crippen molar-refractivity contribution in [1.29, 1.82) is 0 Å². The van der Waals surface area contributed by atoms with E-state index in [4.69, 9.17) is 0 Å². The molecule has 0 spiro atoms. The second-order valence-electron chi connectivity index (χ2n) is 3.42. The van der Waals surface area contributed by atoms with Crippen molar-refractivity contribution >= 4 is 12.0 Å². The number of nitrogens with one attached hydrogen (secondary N) is 1. The third kappa shape index (κ3) is 1.66. The second kappa shape index (κ2) is 3.62. The first-order chi connectivity index (χ1) is 6.77. The van der Waals surface area contributed by atoms with Gasteiger partial charge in [0, 0.05) is 12.5 Å². The Morgan fingerprint density at radius 2 is 2.14 bits per heavy atom. The van der Waals surface area contributed by atoms with Gasteiger partial charge < -0.3 is 0 Å². The van der Waals surface area contributed by atoms with Crippen LogP contribution >= 0.6 is 0 Å². The molecule has 1 atom stereocenters. The maximum atomic E-state index is 11.3. The number of hydrogen-bond donors (Lipinski definition) is 1. The molecule has 1 aliphatic rings. The van der Waals surface area contributed by atoms with Gasteiger partial charge in [-0.1, -0.05) is 18.2 Å². The molecule has 3 heteroatoms. The van der Waals surface area contributed by atoms with Crippen molar-refractivity contribution in [3.05, 3.63) is 35.9 Å². The van der Waals surface area contributed by atoms with Crippen molar-refractivity contribution in [3.63, 3.8) is 0 Å². The maximum Gasteiger partial charge on any atom is 0.238 e. The van der Waals surface area contributed by atoms with Crippen LogP contribution in [0, 0.1) is 0 Å². The quantitative estimate of drug-likeness (QED) is 0.656. The molecule has 1 N–H and O–H groups in total. The van der Waals surface area contributed by atoms with Crippen molar-refractivity contribution in [2.45, 2.75) is 13.0 Å². The lowest BCUT2D eigenvalue weighted by atomic mass is 10.2. The molecule has 0 aliphatic carbocycles. The van der Waals surface area contributed by atoms with Crippen LogP contribution in [0.25, 0.3) is 0 Å². The minimum absolute atomic E-state index is 0.0600. The normalized spacial score (nSPS) is 23.9. The number of benzene rings is 1. The van der Waals surface area contributed by atoms with E-state index in [0.717, 1.165) is 5.56 Å². The molecule has 0 radical (unpaired) electrons. The first kappa shape index (κ1) is 8.94. The van der Waals surface area contributed by atoms with Gasteiger partial charge in [0.05, 0.1) is 0 Å². The van der Waals surface area contributed by atoms with Crippen molar-refractivity contribution in [2.75, 3.05) is 6.54 Å². The lowest BCUT2D eigenvalue weighted by Gasteiger charge is -1.96. The molecule has 0 bridgehead atoms. The van der Waals surface area contributed by atoms with E-state index in [1.165, 1.54) is 0 Å². The first-order valence-electron chi connectivity index (χ1n) is 4.72. The van der Waals surface area contributed by atoms with E-state index in [1.807, 2.05) is 48.2 Å². The highest BCUT2D eigenvalue weighted by atomic mass is 16.1. The lowest BCUT2D eigenvalue weighted by Crippen LogP contribution is -2.27. The summed E-state index contributed by atoms with van der Waals surface area (Å²) in [7, 11) is 0. The average Bonchev–Trinajstić information content (AvgIpc) is 2.52. The van der Waals surface area contributed by atoms with Crippen LogP contribution < -0.4 is 5.43 Å². The van der Waals surface area contributed by atoms with Gasteiger partial charge in [0.15, 0.2) is 0 Å². The molecule has 0 amide bonds. The molecule has 0 saturated carbocycles. The van der Waals surface area contributed by atoms with Crippen LogP contribution in [0.3, 0.4) is 0 Å². The number of Topliss-reactive ketones (excluding diaryl/α,β-unsaturated/α-hetero) is 1. The zero-order valence-corrected chi connectivity index (χ0v) is 8.10. The SMILES string of the molecule is C[C@@H]1C(=O)CN/[N+]1=C/c1ccccc1. The molecule has 1 saturated heterocycles. The van der Waals surface area contributed by atoms with Gasteiger partial charge in [-0.2, -0.15) is 5.43 Å². The highest BCUT2D eigenvalue weighted by molar-refractivity contribution is 5.87. The van der Waals surface area contributed by atoms with Crippen LogP contribution in [0.4, 0.5) is 0 Å². The van der Waals surface area contributed by atoms with Crippen molar-refractivity contribution in [2.24, 2.45) is 0 Å². The summed E-state index contributed by atoms with van der Waals surface area (Å²) in [6.07, 6.45) is 1.95. The second-order valence-corrected chi connectivity index (χ2v) is 3.42. The number of carbonyl (C=O) groups is 1. The number of carbonyl (C=O) groups excluding carboxylic acids is 1. The standard InChI is InChI=1S/C11H13N2O/c1-9-11(14)7-12-13(9)8-10-5-3-2-4-6-10/h2-6,8-9,12H,7H2,1H3/q+1/b13-8+/t9-/m1/s1. The highest BCUT2D eigenvalue weighted by Crippen LogP contribution is 2.00. The summed E-state index contributed by atoms with van der Waals surface area (Å²) in [5.74, 6) is 0.234. The minimum Gasteiger partial charge on any atom is -0.290 e. The molecular weight excluding hydrogens is 176 g/mol. The van der Waals surface area contributed by atoms with Crippen LogP contribution in [0.5, 0.6) is 0 Å². The summed E-state index contributed by atoms with van der Waals surface area (Å²) in [4.78, 5) is 11.3. The summed E-state index contributed by atoms with van der Waals surface area (Å²) in [5.41, 5.74) is 4.13. The molecule has 2 rings (SSSR count). The molecule has 1 aliphatic heterocycles. The Hall–Kier alpha value is -1.64. The van der Waals surface area contributed by atoms with Gasteiger partial charge in [-0.3, -0.25) is 4.79 Å². The zero-order chi connectivity index (χ0) is 9.97. The van der Waals surface area contributed by atoms with Gasteiger partial charge in [0.2, 0.25) is 18.0 Å². The van der Waals surface area contributed by atoms with Crippen LogP contribution in [0.1, 0.15) is 12.5 Å². The smallest absolute Gasteiger partial charge is 0.238 e. The number of hydrazine groups is 1. The van der Waals surface area contributed by atoms with Gasteiger partial charge in [0.25, 0.3) is 0 Å². The number of ketones is 1. The van der Waals surface area contributed by atoms with Gasteiger partial charge in [-0.15, -0.1) is 4.68 Å². The molecule has 14 heavy (non-hydrogen) atoms. The van der Waals surface area contributed by atoms with E-state index in [0.29, 0.717) is 6.54 Å². The van der Waals surface area contributed by atoms with Gasteiger partial charge in [-0.05, 0) is 12.1 Å². The maximum absolute atomic E-state index is 11.3. The van der Waals surface area contributed by atoms with Gasteiger partial charge in [-0.25, -0.2) is 0 Å². The van der Waals surface area contributed by atoms with Crippen LogP contribution in [-0.2, 0) is 4.79 Å². The molecular formula is C11H13N2O+. The molecule has 1 heterocycles. The highest BCUT2D eigenvalue weighted by Gasteiger charge is 2.31. The summed E-state index contributed by atoms with van der Waals surface area (Å²) >= 11 is 0. The van der Waals surface area contributed by atoms with Crippen LogP contribution in [-0.4, -0.2) is 29.3 Å². The lowest BCUT2D eigenvalue weighted by molar-refractivity contribution is -0.585. The third-order valence-electron chi connectivity index (χ3n) is 2.41. The Kier molecular flexibility index (Phi) is 2.31. The molecule has 0 aromatic heterocycles. The molecule has 0 unspecified atom stereocenters. The number of nitrogens with zero attached hydrogens (tertiary/aromatic N) is 1. The first-order valence-corrected chi connectivity index (χ1v) is 4.72. The van der Waals surface area contributed by atoms with Crippen molar-refractivity contribution in [3.8, 4) is 0 Å². The molecule has 1 aromatic carbocycles. The fraction of sp³-hybridized carbons (Fsp3) is 0.273. The summed E-state index contributed by atoms with van der Waals surface area (Å²) in [6.45, 7) is 2.34. The van der Waals surface area contributed by atoms with E-state index < -0.39 is 0 Å². The van der Waals surface area contributed by atoms with E-state index in [1.54, 1.807) is 0 Å². The molecule has 3 nitrogen and oxygen atoms in total. The number of hydrogen-bond acceptors (Lipinski definition) is 2. The van der Waals surface area contributed by atoms with E-state index in [-0.39, 0.29) is 11.8 Å². The topological polar surface area (TPSA) is 32.1 Å². The zero-order valence-electron chi connectivity index (χ0n) is 8.10. The Bertz CT molecular complexity index is 370. The van der Waals surface area contributed by atoms with Crippen molar-refractivity contribution < 1.29 is 9.48 Å². The fourth-order valence-electron chi connectivity index (χ4n) is 1.47. The van der Waals surface area contributed by atoms with Gasteiger partial charge >= 0.3 is 0 Å². The average molecular weight is 189 g/mol. The molecule has 72 valence electrons. The number of rotatable bonds is 1.